The van der Waals surface area contributed by atoms with Gasteiger partial charge in [0.15, 0.2) is 5.69 Å². The van der Waals surface area contributed by atoms with E-state index < -0.39 is 150 Å². The second-order valence-corrected chi connectivity index (χ2v) is 24.1. The number of nitrogens with zero attached hydrogens (tertiary/aromatic N) is 3. The molecule has 2 aromatic heterocycles. The fraction of sp³-hybridized carbons (Fsp3) is 0.441. The number of carbonyl (C=O) groups excluding carboxylic acids is 10. The van der Waals surface area contributed by atoms with Crippen LogP contribution in [0.4, 0.5) is 4.39 Å². The number of aliphatic carboxylic acids is 1. The molecule has 33 heteroatoms. The Bertz CT molecular complexity index is 3330. The van der Waals surface area contributed by atoms with Crippen LogP contribution >= 0.6 is 21.6 Å². The predicted octanol–water partition coefficient (Wildman–Crippen LogP) is -2.35. The van der Waals surface area contributed by atoms with Crippen molar-refractivity contribution in [1.29, 1.82) is 0 Å². The van der Waals surface area contributed by atoms with Gasteiger partial charge in [0.25, 0.3) is 5.91 Å². The summed E-state index contributed by atoms with van der Waals surface area (Å²) in [5.74, 6) is -12.0. The fourth-order valence-corrected chi connectivity index (χ4v) is 11.6. The number of amides is 10. The summed E-state index contributed by atoms with van der Waals surface area (Å²) in [6.45, 7) is 0.812. The highest BCUT2D eigenvalue weighted by molar-refractivity contribution is 8.76. The molecular formula is C59H76FN15O15S2. The first-order valence-electron chi connectivity index (χ1n) is 29.4. The van der Waals surface area contributed by atoms with Gasteiger partial charge in [-0.1, -0.05) is 87.5 Å². The Morgan fingerprint density at radius 3 is 1.98 bits per heavy atom. The number of rotatable bonds is 26. The molecule has 0 aliphatic carbocycles. The van der Waals surface area contributed by atoms with E-state index in [1.165, 1.54) is 37.4 Å². The maximum atomic E-state index is 14.8. The molecule has 3 aromatic carbocycles. The molecule has 30 nitrogen and oxygen atoms in total. The molecule has 0 bridgehead atoms. The van der Waals surface area contributed by atoms with E-state index in [-0.39, 0.29) is 63.2 Å². The Kier molecular flexibility index (Phi) is 28.1. The van der Waals surface area contributed by atoms with Gasteiger partial charge < -0.3 is 84.3 Å². The maximum Gasteiger partial charge on any atom is 0.326 e. The zero-order valence-corrected chi connectivity index (χ0v) is 51.9. The number of fused-ring (bicyclic) bond motifs is 1. The zero-order valence-electron chi connectivity index (χ0n) is 50.2. The lowest BCUT2D eigenvalue weighted by atomic mass is 10.0. The van der Waals surface area contributed by atoms with Crippen molar-refractivity contribution < 1.29 is 77.6 Å². The van der Waals surface area contributed by atoms with Crippen LogP contribution in [0, 0.1) is 0 Å². The molecule has 0 unspecified atom stereocenters. The number of carboxylic acid groups (broad SMARTS) is 1. The van der Waals surface area contributed by atoms with E-state index in [2.05, 4.69) is 68.5 Å². The number of aromatic hydroxyl groups is 1. The quantitative estimate of drug-likeness (QED) is 0.0204. The number of halogens is 1. The monoisotopic (exact) mass is 1320 g/mol. The van der Waals surface area contributed by atoms with Crippen molar-refractivity contribution >= 4 is 97.5 Å². The topological polar surface area (TPSA) is 462 Å². The Morgan fingerprint density at radius 1 is 0.728 bits per heavy atom. The lowest BCUT2D eigenvalue weighted by Crippen LogP contribution is -2.63. The summed E-state index contributed by atoms with van der Waals surface area (Å²) >= 11 is 0. The molecule has 0 saturated carbocycles. The van der Waals surface area contributed by atoms with Crippen LogP contribution in [0.5, 0.6) is 5.75 Å². The van der Waals surface area contributed by atoms with Gasteiger partial charge in [-0.15, -0.1) is 5.10 Å². The normalized spacial score (nSPS) is 20.0. The highest BCUT2D eigenvalue weighted by Gasteiger charge is 2.38. The molecule has 3 heterocycles. The Balaban J connectivity index is 1.33. The number of aliphatic hydroxyl groups is 2. The number of aromatic amines is 1. The minimum Gasteiger partial charge on any atom is -0.508 e. The van der Waals surface area contributed by atoms with E-state index in [1.54, 1.807) is 60.7 Å². The molecule has 1 fully saturated rings. The number of carboxylic acids is 1. The first-order chi connectivity index (χ1) is 44.0. The third-order valence-electron chi connectivity index (χ3n) is 14.3. The summed E-state index contributed by atoms with van der Waals surface area (Å²) in [4.78, 5) is 156. The summed E-state index contributed by atoms with van der Waals surface area (Å²) < 4.78 is 13.9. The van der Waals surface area contributed by atoms with Gasteiger partial charge in [0.1, 0.15) is 60.8 Å². The molecule has 1 aliphatic rings. The molecule has 17 N–H and O–H groups in total. The van der Waals surface area contributed by atoms with E-state index >= 15 is 0 Å². The summed E-state index contributed by atoms with van der Waals surface area (Å²) in [5, 5.41) is 75.6. The number of H-pyrrole nitrogens is 1. The number of phenolic OH excluding ortho intramolecular Hbond substituents is 1. The molecule has 0 radical (unpaired) electrons. The minimum absolute atomic E-state index is 0.0587. The number of phenols is 1. The average Bonchev–Trinajstić information content (AvgIpc) is 2.06. The van der Waals surface area contributed by atoms with Crippen molar-refractivity contribution in [3.8, 4) is 5.75 Å². The Labute approximate surface area is 534 Å². The number of aliphatic hydroxyl groups excluding tert-OH is 2. The van der Waals surface area contributed by atoms with E-state index in [1.807, 2.05) is 0 Å². The lowest BCUT2D eigenvalue weighted by molar-refractivity contribution is -0.142. The number of aromatic nitrogens is 4. The van der Waals surface area contributed by atoms with Crippen molar-refractivity contribution in [2.24, 2.45) is 5.73 Å². The molecule has 1 aliphatic heterocycles. The number of aryl methyl sites for hydroxylation is 1. The van der Waals surface area contributed by atoms with E-state index in [4.69, 9.17) is 5.73 Å². The summed E-state index contributed by atoms with van der Waals surface area (Å²) in [5.41, 5.74) is 7.48. The number of alkyl halides is 1. The van der Waals surface area contributed by atoms with E-state index in [0.717, 1.165) is 38.6 Å². The summed E-state index contributed by atoms with van der Waals surface area (Å²) in [6, 6.07) is 9.38. The number of benzene rings is 3. The van der Waals surface area contributed by atoms with Crippen LogP contribution in [0.3, 0.4) is 0 Å². The number of nitrogens with one attached hydrogen (secondary N) is 11. The van der Waals surface area contributed by atoms with Gasteiger partial charge >= 0.3 is 5.97 Å². The van der Waals surface area contributed by atoms with Gasteiger partial charge in [-0.3, -0.25) is 47.9 Å². The van der Waals surface area contributed by atoms with E-state index in [9.17, 15) is 77.6 Å². The Morgan fingerprint density at radius 2 is 1.35 bits per heavy atom. The lowest BCUT2D eigenvalue weighted by Gasteiger charge is -2.30. The van der Waals surface area contributed by atoms with Crippen LogP contribution in [-0.2, 0) is 73.8 Å². The second kappa shape index (κ2) is 36.0. The van der Waals surface area contributed by atoms with Crippen LogP contribution in [0.1, 0.15) is 66.8 Å². The summed E-state index contributed by atoms with van der Waals surface area (Å²) in [6.07, 6.45) is -2.64. The highest BCUT2D eigenvalue weighted by atomic mass is 33.1. The van der Waals surface area contributed by atoms with Crippen LogP contribution < -0.4 is 58.9 Å². The van der Waals surface area contributed by atoms with Crippen molar-refractivity contribution in [1.82, 2.24) is 73.1 Å². The fourth-order valence-electron chi connectivity index (χ4n) is 9.31. The number of hydrogen-bond acceptors (Lipinski definition) is 19. The Hall–Kier alpha value is -9.18. The predicted molar refractivity (Wildman–Crippen MR) is 334 cm³/mol. The van der Waals surface area contributed by atoms with Crippen molar-refractivity contribution in [3.05, 3.63) is 114 Å². The number of unbranched alkanes of at least 4 members (excludes halogenated alkanes) is 1. The standard InChI is InChI=1S/C59H76FN15O15S2/c1-32(76)49-57(87)67-41(25-35-15-17-38(78)18-16-35)52(82)69-45(55(85)66-40(59(89)90)14-8-9-21-61)30-91-92-31-46(56(86)72-50(33(2)77)58(88)68-42(54(84)71-49)24-34-10-4-3-5-11-34)70-53(83)43(27-37-26-36-12-6-7-13-39(36)64-37)65-48(80)28-63-47(79)19-22-62-51(81)44-29-75(23-20-60)74-73-44/h3-7,10-13,15-18,26,29,32-33,40-43,45-46,49-50,64,76-78H,8-9,14,19-25,27-28,30-31,61H2,1-2H3,(H,62,81)(H,63,79)(H,65,80)(H,66,85)(H,67,87)(H,68,88)(H,69,82)(H,70,83)(H,71,84)(H,72,86)(H,89,90)/t32-,33-,40-,41-,42+,43+,45-,46-,49-,50-/m0/s1. The summed E-state index contributed by atoms with van der Waals surface area (Å²) in [7, 11) is 1.71. The molecule has 0 spiro atoms. The van der Waals surface area contributed by atoms with E-state index in [0.29, 0.717) is 35.2 Å². The maximum absolute atomic E-state index is 14.8. The first kappa shape index (κ1) is 71.9. The molecule has 5 aromatic rings. The molecular weight excluding hydrogens is 1240 g/mol. The largest absolute Gasteiger partial charge is 0.508 e. The molecule has 6 rings (SSSR count). The van der Waals surface area contributed by atoms with Crippen molar-refractivity contribution in [3.63, 3.8) is 0 Å². The van der Waals surface area contributed by atoms with Crippen LogP contribution in [0.25, 0.3) is 10.9 Å². The second-order valence-electron chi connectivity index (χ2n) is 21.6. The molecule has 92 heavy (non-hydrogen) atoms. The van der Waals surface area contributed by atoms with Gasteiger partial charge in [0, 0.05) is 54.9 Å². The zero-order chi connectivity index (χ0) is 66.9. The highest BCUT2D eigenvalue weighted by Crippen LogP contribution is 2.25. The van der Waals surface area contributed by atoms with Gasteiger partial charge in [0.2, 0.25) is 53.2 Å². The minimum atomic E-state index is -1.87. The molecule has 496 valence electrons. The third-order valence-corrected chi connectivity index (χ3v) is 16.7. The first-order valence-corrected chi connectivity index (χ1v) is 31.9. The average molecular weight is 1320 g/mol. The SMILES string of the molecule is C[C@H](O)[C@@H]1NC(=O)[C@@H](NC(=O)[C@@H](Cc2cc3ccccc3[nH]2)NC(=O)CNC(=O)CCNC(=O)c2cn(CCF)nn2)CSSC[C@@H](C(=O)N[C@@H](CCCCN)C(=O)O)NC(=O)[C@H](Cc2ccc(O)cc2)NC(=O)[C@H]([C@H](C)O)NC(=O)[C@@H](Cc2ccccc2)NC1=O. The van der Waals surface area contributed by atoms with Gasteiger partial charge in [-0.05, 0) is 80.4 Å². The molecule has 10 atom stereocenters. The van der Waals surface area contributed by atoms with Crippen LogP contribution in [0.15, 0.2) is 91.1 Å². The molecule has 10 amide bonds. The van der Waals surface area contributed by atoms with Crippen molar-refractivity contribution in [2.75, 3.05) is 37.8 Å². The van der Waals surface area contributed by atoms with Crippen LogP contribution in [0.2, 0.25) is 0 Å². The van der Waals surface area contributed by atoms with Gasteiger partial charge in [-0.25, -0.2) is 13.9 Å². The van der Waals surface area contributed by atoms with Crippen LogP contribution in [-0.4, -0.2) is 204 Å². The number of nitrogens with two attached hydrogens (primary N) is 1. The third kappa shape index (κ3) is 22.6. The number of carbonyl (C=O) groups is 11. The molecule has 1 saturated heterocycles. The smallest absolute Gasteiger partial charge is 0.326 e. The van der Waals surface area contributed by atoms with Crippen molar-refractivity contribution in [2.45, 2.75) is 126 Å². The number of hydrogen-bond donors (Lipinski definition) is 16. The number of para-hydroxylation sites is 1. The van der Waals surface area contributed by atoms with Gasteiger partial charge in [0.05, 0.1) is 31.5 Å². The van der Waals surface area contributed by atoms with Gasteiger partial charge in [-0.2, -0.15) is 0 Å².